The molecule has 2 amide bonds. The van der Waals surface area contributed by atoms with E-state index >= 15 is 0 Å². The zero-order valence-corrected chi connectivity index (χ0v) is 16.5. The summed E-state index contributed by atoms with van der Waals surface area (Å²) in [6.45, 7) is 1.96. The van der Waals surface area contributed by atoms with Crippen molar-refractivity contribution in [3.63, 3.8) is 0 Å². The monoisotopic (exact) mass is 412 g/mol. The van der Waals surface area contributed by atoms with Gasteiger partial charge in [-0.1, -0.05) is 31.4 Å². The zero-order valence-electron chi connectivity index (χ0n) is 16.5. The third-order valence-corrected chi connectivity index (χ3v) is 6.08. The van der Waals surface area contributed by atoms with E-state index in [9.17, 15) is 27.9 Å². The van der Waals surface area contributed by atoms with E-state index in [4.69, 9.17) is 0 Å². The van der Waals surface area contributed by atoms with E-state index in [1.807, 2.05) is 0 Å². The van der Waals surface area contributed by atoms with Crippen LogP contribution in [-0.2, 0) is 22.3 Å². The Morgan fingerprint density at radius 3 is 2.38 bits per heavy atom. The quantitative estimate of drug-likeness (QED) is 0.780. The van der Waals surface area contributed by atoms with Gasteiger partial charge >= 0.3 is 6.18 Å². The Kier molecular flexibility index (Phi) is 6.22. The van der Waals surface area contributed by atoms with E-state index in [1.54, 1.807) is 0 Å². The maximum Gasteiger partial charge on any atom is 0.416 e. The first-order valence-corrected chi connectivity index (χ1v) is 10.0. The van der Waals surface area contributed by atoms with Crippen LogP contribution < -0.4 is 5.32 Å². The van der Waals surface area contributed by atoms with Gasteiger partial charge in [0, 0.05) is 19.5 Å². The summed E-state index contributed by atoms with van der Waals surface area (Å²) in [5, 5.41) is 12.8. The highest BCUT2D eigenvalue weighted by atomic mass is 19.4. The number of nitrogens with zero attached hydrogens (tertiary/aromatic N) is 1. The molecular weight excluding hydrogens is 385 g/mol. The molecule has 160 valence electrons. The lowest BCUT2D eigenvalue weighted by Gasteiger charge is -2.35. The number of hydrogen-bond donors (Lipinski definition) is 2. The molecule has 2 fully saturated rings. The number of halogens is 3. The number of rotatable bonds is 5. The third-order valence-electron chi connectivity index (χ3n) is 6.08. The molecular formula is C21H27F3N2O3. The molecule has 29 heavy (non-hydrogen) atoms. The highest BCUT2D eigenvalue weighted by molar-refractivity contribution is 5.89. The van der Waals surface area contributed by atoms with Crippen LogP contribution in [0.3, 0.4) is 0 Å². The van der Waals surface area contributed by atoms with Crippen LogP contribution in [0.15, 0.2) is 24.3 Å². The third kappa shape index (κ3) is 4.91. The second-order valence-corrected chi connectivity index (χ2v) is 8.36. The molecule has 1 heterocycles. The second-order valence-electron chi connectivity index (χ2n) is 8.36. The Morgan fingerprint density at radius 2 is 1.83 bits per heavy atom. The molecule has 1 aromatic rings. The average molecular weight is 412 g/mol. The summed E-state index contributed by atoms with van der Waals surface area (Å²) in [5.74, 6) is -0.622. The average Bonchev–Trinajstić information content (AvgIpc) is 2.95. The lowest BCUT2D eigenvalue weighted by Crippen LogP contribution is -2.53. The summed E-state index contributed by atoms with van der Waals surface area (Å²) in [6.07, 6.45) is 0.145. The maximum absolute atomic E-state index is 12.7. The Bertz CT molecular complexity index is 741. The predicted octanol–water partition coefficient (Wildman–Crippen LogP) is 3.25. The maximum atomic E-state index is 12.7. The summed E-state index contributed by atoms with van der Waals surface area (Å²) in [4.78, 5) is 26.9. The van der Waals surface area contributed by atoms with Gasteiger partial charge in [0.2, 0.25) is 11.8 Å². The van der Waals surface area contributed by atoms with Gasteiger partial charge in [-0.15, -0.1) is 0 Å². The number of aliphatic hydroxyl groups excluding tert-OH is 1. The van der Waals surface area contributed by atoms with Crippen LogP contribution in [-0.4, -0.2) is 40.5 Å². The van der Waals surface area contributed by atoms with Crippen molar-refractivity contribution in [2.24, 2.45) is 5.41 Å². The first-order valence-electron chi connectivity index (χ1n) is 10.0. The normalized spacial score (nSPS) is 21.3. The van der Waals surface area contributed by atoms with Gasteiger partial charge in [0.15, 0.2) is 0 Å². The van der Waals surface area contributed by atoms with Gasteiger partial charge in [-0.25, -0.2) is 0 Å². The summed E-state index contributed by atoms with van der Waals surface area (Å²) in [6, 6.07) is 3.53. The summed E-state index contributed by atoms with van der Waals surface area (Å²) in [7, 11) is 0. The van der Waals surface area contributed by atoms with Crippen LogP contribution >= 0.6 is 0 Å². The lowest BCUT2D eigenvalue weighted by molar-refractivity contribution is -0.141. The highest BCUT2D eigenvalue weighted by Gasteiger charge is 2.48. The molecule has 8 heteroatoms. The number of nitrogens with one attached hydrogen (secondary N) is 1. The largest absolute Gasteiger partial charge is 0.416 e. The molecule has 3 rings (SSSR count). The molecule has 2 N–H and O–H groups in total. The molecule has 1 spiro atoms. The molecule has 1 aliphatic carbocycles. The molecule has 0 radical (unpaired) electrons. The van der Waals surface area contributed by atoms with E-state index in [2.05, 4.69) is 5.32 Å². The number of benzene rings is 1. The summed E-state index contributed by atoms with van der Waals surface area (Å²) < 4.78 is 38.0. The molecule has 2 atom stereocenters. The number of likely N-dealkylation sites (tertiary alicyclic amines) is 1. The zero-order chi connectivity index (χ0) is 21.2. The molecule has 1 saturated heterocycles. The number of alkyl halides is 3. The fraction of sp³-hybridized carbons (Fsp3) is 0.619. The Balaban J connectivity index is 1.65. The minimum atomic E-state index is -4.41. The van der Waals surface area contributed by atoms with E-state index in [0.717, 1.165) is 44.2 Å². The van der Waals surface area contributed by atoms with Crippen LogP contribution in [0.1, 0.15) is 56.6 Å². The van der Waals surface area contributed by atoms with E-state index in [0.29, 0.717) is 18.5 Å². The van der Waals surface area contributed by atoms with E-state index < -0.39 is 29.8 Å². The van der Waals surface area contributed by atoms with Crippen molar-refractivity contribution < 1.29 is 27.9 Å². The smallest absolute Gasteiger partial charge is 0.391 e. The number of aliphatic hydroxyl groups is 1. The first kappa shape index (κ1) is 21.6. The fourth-order valence-corrected chi connectivity index (χ4v) is 4.54. The summed E-state index contributed by atoms with van der Waals surface area (Å²) >= 11 is 0. The summed E-state index contributed by atoms with van der Waals surface area (Å²) in [5.41, 5.74) is -0.349. The molecule has 0 aromatic heterocycles. The Morgan fingerprint density at radius 1 is 1.21 bits per heavy atom. The topological polar surface area (TPSA) is 69.6 Å². The molecule has 0 unspecified atom stereocenters. The Hall–Kier alpha value is -2.09. The first-order chi connectivity index (χ1) is 13.6. The molecule has 1 saturated carbocycles. The number of amides is 2. The lowest BCUT2D eigenvalue weighted by atomic mass is 9.73. The van der Waals surface area contributed by atoms with Gasteiger partial charge in [0.25, 0.3) is 0 Å². The van der Waals surface area contributed by atoms with Crippen LogP contribution in [0.2, 0.25) is 0 Å². The number of hydrogen-bond acceptors (Lipinski definition) is 3. The van der Waals surface area contributed by atoms with Crippen molar-refractivity contribution in [2.45, 2.75) is 70.3 Å². The standard InChI is InChI=1S/C21H27F3N2O3/c1-14(27)18(26-13-20(11-17(26)28)9-3-2-4-10-20)19(29)25-12-15-5-7-16(8-6-15)21(22,23)24/h5-8,14,18,27H,2-4,9-13H2,1H3,(H,25,29)/t14-,18+/m1/s1. The highest BCUT2D eigenvalue weighted by Crippen LogP contribution is 2.45. The Labute approximate surface area is 168 Å². The van der Waals surface area contributed by atoms with Crippen molar-refractivity contribution in [2.75, 3.05) is 6.54 Å². The van der Waals surface area contributed by atoms with Gasteiger partial charge in [-0.2, -0.15) is 13.2 Å². The predicted molar refractivity (Wildman–Crippen MR) is 101 cm³/mol. The molecule has 5 nitrogen and oxygen atoms in total. The van der Waals surface area contributed by atoms with E-state index in [-0.39, 0.29) is 17.9 Å². The van der Waals surface area contributed by atoms with Crippen molar-refractivity contribution in [3.05, 3.63) is 35.4 Å². The van der Waals surface area contributed by atoms with Crippen LogP contribution in [0, 0.1) is 5.41 Å². The van der Waals surface area contributed by atoms with Gasteiger partial charge in [-0.05, 0) is 42.9 Å². The SMILES string of the molecule is C[C@@H](O)[C@@H](C(=O)NCc1ccc(C(F)(F)F)cc1)N1CC2(CCCCC2)CC1=O. The minimum Gasteiger partial charge on any atom is -0.391 e. The number of carbonyl (C=O) groups is 2. The van der Waals surface area contributed by atoms with Crippen LogP contribution in [0.25, 0.3) is 0 Å². The second kappa shape index (κ2) is 8.34. The molecule has 2 aliphatic rings. The number of carbonyl (C=O) groups excluding carboxylic acids is 2. The van der Waals surface area contributed by atoms with Crippen LogP contribution in [0.5, 0.6) is 0 Å². The van der Waals surface area contributed by atoms with Gasteiger partial charge in [0.05, 0.1) is 11.7 Å². The molecule has 0 bridgehead atoms. The fourth-order valence-electron chi connectivity index (χ4n) is 4.54. The molecule has 1 aromatic carbocycles. The van der Waals surface area contributed by atoms with Crippen molar-refractivity contribution in [1.82, 2.24) is 10.2 Å². The molecule has 1 aliphatic heterocycles. The van der Waals surface area contributed by atoms with Crippen molar-refractivity contribution >= 4 is 11.8 Å². The van der Waals surface area contributed by atoms with Gasteiger partial charge in [0.1, 0.15) is 6.04 Å². The van der Waals surface area contributed by atoms with Gasteiger partial charge in [-0.3, -0.25) is 9.59 Å². The minimum absolute atomic E-state index is 0.0212. The van der Waals surface area contributed by atoms with Crippen molar-refractivity contribution in [3.8, 4) is 0 Å². The van der Waals surface area contributed by atoms with Crippen molar-refractivity contribution in [1.29, 1.82) is 0 Å². The van der Waals surface area contributed by atoms with E-state index in [1.165, 1.54) is 24.0 Å². The van der Waals surface area contributed by atoms with Crippen LogP contribution in [0.4, 0.5) is 13.2 Å². The van der Waals surface area contributed by atoms with Gasteiger partial charge < -0.3 is 15.3 Å².